The summed E-state index contributed by atoms with van der Waals surface area (Å²) in [5, 5.41) is 0. The van der Waals surface area contributed by atoms with E-state index in [9.17, 15) is 0 Å². The van der Waals surface area contributed by atoms with Gasteiger partial charge in [0.05, 0.1) is 0 Å². The Labute approximate surface area is 96.1 Å². The van der Waals surface area contributed by atoms with Crippen LogP contribution in [-0.2, 0) is 0 Å². The van der Waals surface area contributed by atoms with Crippen LogP contribution in [0.25, 0.3) is 0 Å². The zero-order valence-electron chi connectivity index (χ0n) is 11.3. The van der Waals surface area contributed by atoms with Crippen molar-refractivity contribution in [1.29, 1.82) is 0 Å². The van der Waals surface area contributed by atoms with Gasteiger partial charge in [-0.2, -0.15) is 0 Å². The van der Waals surface area contributed by atoms with Gasteiger partial charge in [0.25, 0.3) is 0 Å². The van der Waals surface area contributed by atoms with Gasteiger partial charge in [0.15, 0.2) is 0 Å². The first kappa shape index (κ1) is 14.7. The SMILES string of the molecule is C=CCC(C)(C)CC(C)CCC(C)(C)N. The maximum atomic E-state index is 5.99. The van der Waals surface area contributed by atoms with E-state index in [1.165, 1.54) is 12.8 Å². The Bertz CT molecular complexity index is 186. The van der Waals surface area contributed by atoms with E-state index in [4.69, 9.17) is 5.73 Å². The fourth-order valence-corrected chi connectivity index (χ4v) is 2.14. The Morgan fingerprint density at radius 3 is 2.20 bits per heavy atom. The highest BCUT2D eigenvalue weighted by Gasteiger charge is 2.21. The van der Waals surface area contributed by atoms with E-state index in [1.54, 1.807) is 0 Å². The van der Waals surface area contributed by atoms with E-state index in [0.29, 0.717) is 5.41 Å². The van der Waals surface area contributed by atoms with E-state index in [-0.39, 0.29) is 5.54 Å². The zero-order valence-corrected chi connectivity index (χ0v) is 11.3. The van der Waals surface area contributed by atoms with Crippen LogP contribution in [0.5, 0.6) is 0 Å². The second kappa shape index (κ2) is 5.69. The van der Waals surface area contributed by atoms with Gasteiger partial charge in [-0.05, 0) is 50.9 Å². The molecule has 0 saturated carbocycles. The van der Waals surface area contributed by atoms with Crippen LogP contribution < -0.4 is 5.73 Å². The van der Waals surface area contributed by atoms with Crippen molar-refractivity contribution in [2.45, 2.75) is 65.8 Å². The first-order chi connectivity index (χ1) is 6.66. The molecule has 0 rings (SSSR count). The van der Waals surface area contributed by atoms with E-state index < -0.39 is 0 Å². The Morgan fingerprint density at radius 2 is 1.80 bits per heavy atom. The highest BCUT2D eigenvalue weighted by atomic mass is 14.7. The third-order valence-corrected chi connectivity index (χ3v) is 2.88. The molecule has 0 fully saturated rings. The number of allylic oxidation sites excluding steroid dienone is 1. The second-order valence-electron chi connectivity index (χ2n) is 6.49. The first-order valence-corrected chi connectivity index (χ1v) is 6.06. The van der Waals surface area contributed by atoms with Crippen molar-refractivity contribution in [3.05, 3.63) is 12.7 Å². The van der Waals surface area contributed by atoms with E-state index in [1.807, 2.05) is 6.08 Å². The van der Waals surface area contributed by atoms with Gasteiger partial charge in [-0.3, -0.25) is 0 Å². The standard InChI is InChI=1S/C14H29N/c1-7-9-13(3,4)11-12(2)8-10-14(5,6)15/h7,12H,1,8-11,15H2,2-6H3. The van der Waals surface area contributed by atoms with E-state index >= 15 is 0 Å². The molecule has 0 aliphatic heterocycles. The average Bonchev–Trinajstić information content (AvgIpc) is 1.98. The lowest BCUT2D eigenvalue weighted by Gasteiger charge is -2.28. The molecule has 0 amide bonds. The first-order valence-electron chi connectivity index (χ1n) is 6.06. The number of hydrogen-bond donors (Lipinski definition) is 1. The van der Waals surface area contributed by atoms with Gasteiger partial charge in [-0.1, -0.05) is 26.8 Å². The summed E-state index contributed by atoms with van der Waals surface area (Å²) in [6, 6.07) is 0. The normalized spacial score (nSPS) is 15.1. The lowest BCUT2D eigenvalue weighted by molar-refractivity contribution is 0.258. The van der Waals surface area contributed by atoms with Crippen molar-refractivity contribution in [1.82, 2.24) is 0 Å². The van der Waals surface area contributed by atoms with Crippen LogP contribution in [0.3, 0.4) is 0 Å². The third-order valence-electron chi connectivity index (χ3n) is 2.88. The molecule has 0 radical (unpaired) electrons. The number of rotatable bonds is 7. The minimum atomic E-state index is -0.0170. The van der Waals surface area contributed by atoms with Crippen molar-refractivity contribution in [2.75, 3.05) is 0 Å². The third kappa shape index (κ3) is 8.68. The van der Waals surface area contributed by atoms with Gasteiger partial charge in [0.2, 0.25) is 0 Å². The summed E-state index contributed by atoms with van der Waals surface area (Å²) in [5.41, 5.74) is 6.36. The summed E-state index contributed by atoms with van der Waals surface area (Å²) >= 11 is 0. The van der Waals surface area contributed by atoms with Crippen molar-refractivity contribution >= 4 is 0 Å². The molecule has 15 heavy (non-hydrogen) atoms. The second-order valence-corrected chi connectivity index (χ2v) is 6.49. The summed E-state index contributed by atoms with van der Waals surface area (Å²) in [4.78, 5) is 0. The Balaban J connectivity index is 3.92. The van der Waals surface area contributed by atoms with Gasteiger partial charge < -0.3 is 5.73 Å². The predicted octanol–water partition coefficient (Wildman–Crippen LogP) is 4.13. The number of hydrogen-bond acceptors (Lipinski definition) is 1. The molecular weight excluding hydrogens is 182 g/mol. The smallest absolute Gasteiger partial charge is 0.00971 e. The molecule has 1 heteroatoms. The summed E-state index contributed by atoms with van der Waals surface area (Å²) in [6.07, 6.45) is 6.72. The molecule has 1 atom stereocenters. The Morgan fingerprint density at radius 1 is 1.27 bits per heavy atom. The molecule has 0 bridgehead atoms. The average molecular weight is 211 g/mol. The molecule has 0 heterocycles. The largest absolute Gasteiger partial charge is 0.326 e. The molecule has 0 aromatic rings. The van der Waals surface area contributed by atoms with Crippen LogP contribution in [0, 0.1) is 11.3 Å². The maximum absolute atomic E-state index is 5.99. The van der Waals surface area contributed by atoms with Gasteiger partial charge in [-0.25, -0.2) is 0 Å². The van der Waals surface area contributed by atoms with Crippen molar-refractivity contribution < 1.29 is 0 Å². The van der Waals surface area contributed by atoms with Crippen molar-refractivity contribution in [3.8, 4) is 0 Å². The van der Waals surface area contributed by atoms with Crippen LogP contribution in [-0.4, -0.2) is 5.54 Å². The molecule has 0 spiro atoms. The van der Waals surface area contributed by atoms with E-state index in [0.717, 1.165) is 18.8 Å². The topological polar surface area (TPSA) is 26.0 Å². The molecule has 0 aromatic heterocycles. The fourth-order valence-electron chi connectivity index (χ4n) is 2.14. The summed E-state index contributed by atoms with van der Waals surface area (Å²) < 4.78 is 0. The highest BCUT2D eigenvalue weighted by Crippen LogP contribution is 2.31. The van der Waals surface area contributed by atoms with Crippen LogP contribution in [0.1, 0.15) is 60.3 Å². The van der Waals surface area contributed by atoms with Crippen LogP contribution in [0.4, 0.5) is 0 Å². The predicted molar refractivity (Wildman–Crippen MR) is 69.9 cm³/mol. The molecule has 1 unspecified atom stereocenters. The summed E-state index contributed by atoms with van der Waals surface area (Å²) in [6.45, 7) is 15.0. The molecule has 0 aromatic carbocycles. The summed E-state index contributed by atoms with van der Waals surface area (Å²) in [5.74, 6) is 0.753. The highest BCUT2D eigenvalue weighted by molar-refractivity contribution is 4.82. The van der Waals surface area contributed by atoms with Gasteiger partial charge in [0.1, 0.15) is 0 Å². The monoisotopic (exact) mass is 211 g/mol. The quantitative estimate of drug-likeness (QED) is 0.629. The minimum absolute atomic E-state index is 0.0170. The molecule has 0 aliphatic rings. The minimum Gasteiger partial charge on any atom is -0.326 e. The van der Waals surface area contributed by atoms with Gasteiger partial charge >= 0.3 is 0 Å². The molecule has 0 aliphatic carbocycles. The molecule has 0 saturated heterocycles. The Kier molecular flexibility index (Phi) is 5.58. The Hall–Kier alpha value is -0.300. The zero-order chi connectivity index (χ0) is 12.1. The van der Waals surface area contributed by atoms with Gasteiger partial charge in [-0.15, -0.1) is 6.58 Å². The van der Waals surface area contributed by atoms with Crippen LogP contribution >= 0.6 is 0 Å². The lowest BCUT2D eigenvalue weighted by atomic mass is 9.78. The molecule has 90 valence electrons. The maximum Gasteiger partial charge on any atom is 0.00971 e. The number of nitrogens with two attached hydrogens (primary N) is 1. The molecular formula is C14H29N. The molecule has 1 nitrogen and oxygen atoms in total. The van der Waals surface area contributed by atoms with Crippen molar-refractivity contribution in [3.63, 3.8) is 0 Å². The van der Waals surface area contributed by atoms with Crippen molar-refractivity contribution in [2.24, 2.45) is 17.1 Å². The lowest BCUT2D eigenvalue weighted by Crippen LogP contribution is -2.32. The molecule has 2 N–H and O–H groups in total. The fraction of sp³-hybridized carbons (Fsp3) is 0.857. The van der Waals surface area contributed by atoms with E-state index in [2.05, 4.69) is 41.2 Å². The van der Waals surface area contributed by atoms with Gasteiger partial charge in [0, 0.05) is 5.54 Å². The van der Waals surface area contributed by atoms with Crippen LogP contribution in [0.2, 0.25) is 0 Å². The van der Waals surface area contributed by atoms with Crippen LogP contribution in [0.15, 0.2) is 12.7 Å². The summed E-state index contributed by atoms with van der Waals surface area (Å²) in [7, 11) is 0.